The summed E-state index contributed by atoms with van der Waals surface area (Å²) in [5, 5.41) is 70.3. The zero-order valence-electron chi connectivity index (χ0n) is 84.4. The van der Waals surface area contributed by atoms with Gasteiger partial charge in [-0.15, -0.1) is 20.2 Å². The summed E-state index contributed by atoms with van der Waals surface area (Å²) < 4.78 is 52.4. The molecular formula is C112H149BrClN6O26P. The molecule has 0 fully saturated rings. The second kappa shape index (κ2) is 98.0. The number of nitrogens with zero attached hydrogens (tertiary/aromatic N) is 6. The zero-order chi connectivity index (χ0) is 109. The smallest absolute Gasteiger partial charge is 0.337 e. The number of alkyl halides is 2. The van der Waals surface area contributed by atoms with E-state index in [1.807, 2.05) is 30.3 Å². The van der Waals surface area contributed by atoms with Gasteiger partial charge < -0.3 is 67.1 Å². The third-order valence-corrected chi connectivity index (χ3v) is 20.6. The number of carboxylic acid groups (broad SMARTS) is 1. The van der Waals surface area contributed by atoms with Crippen LogP contribution in [0.5, 0.6) is 0 Å². The van der Waals surface area contributed by atoms with Crippen LogP contribution in [0.15, 0.2) is 197 Å². The molecule has 2 N–H and O–H groups in total. The van der Waals surface area contributed by atoms with Crippen molar-refractivity contribution in [3.8, 4) is 36.4 Å². The number of carbonyl (C=O) groups is 13. The average Bonchev–Trinajstić information content (AvgIpc) is 0.791. The molecule has 35 heteroatoms. The van der Waals surface area contributed by atoms with E-state index in [1.165, 1.54) is 72.0 Å². The summed E-state index contributed by atoms with van der Waals surface area (Å²) in [6.07, 6.45) is 26.1. The molecule has 0 aliphatic rings. The molecule has 802 valence electrons. The molecule has 3 unspecified atom stereocenters. The van der Waals surface area contributed by atoms with Gasteiger partial charge in [-0.3, -0.25) is 33.6 Å². The molecule has 32 nitrogen and oxygen atoms in total. The van der Waals surface area contributed by atoms with E-state index in [2.05, 4.69) is 132 Å². The Morgan fingerprint density at radius 2 is 0.680 bits per heavy atom. The van der Waals surface area contributed by atoms with Crippen molar-refractivity contribution in [3.63, 3.8) is 0 Å². The fraction of sp³-hybridized carbons (Fsp3) is 0.455. The first-order valence-electron chi connectivity index (χ1n) is 46.6. The summed E-state index contributed by atoms with van der Waals surface area (Å²) in [5.41, 5.74) is 5.42. The molecule has 5 rings (SSSR count). The van der Waals surface area contributed by atoms with E-state index in [0.717, 1.165) is 113 Å². The van der Waals surface area contributed by atoms with Crippen LogP contribution < -0.4 is 0 Å². The van der Waals surface area contributed by atoms with E-state index >= 15 is 0 Å². The molecule has 0 aliphatic carbocycles. The normalized spacial score (nSPS) is 10.2. The van der Waals surface area contributed by atoms with Gasteiger partial charge in [0.25, 0.3) is 0 Å². The summed E-state index contributed by atoms with van der Waals surface area (Å²) in [6.45, 7) is 25.3. The van der Waals surface area contributed by atoms with Crippen LogP contribution in [0, 0.1) is 97.1 Å². The fourth-order valence-corrected chi connectivity index (χ4v) is 12.8. The van der Waals surface area contributed by atoms with Gasteiger partial charge in [0.15, 0.2) is 11.3 Å². The molecule has 0 bridgehead atoms. The molecule has 0 aromatic heterocycles. The highest BCUT2D eigenvalue weighted by Crippen LogP contribution is 2.35. The van der Waals surface area contributed by atoms with Gasteiger partial charge in [-0.2, -0.15) is 31.6 Å². The van der Waals surface area contributed by atoms with Crippen molar-refractivity contribution in [1.29, 1.82) is 31.6 Å². The lowest BCUT2D eigenvalue weighted by molar-refractivity contribution is -0.172. The van der Waals surface area contributed by atoms with E-state index < -0.39 is 71.0 Å². The molecule has 3 atom stereocenters. The fourth-order valence-electron chi connectivity index (χ4n) is 12.2. The van der Waals surface area contributed by atoms with E-state index in [0.29, 0.717) is 129 Å². The van der Waals surface area contributed by atoms with Gasteiger partial charge in [0, 0.05) is 62.3 Å². The highest BCUT2D eigenvalue weighted by Gasteiger charge is 2.48. The second-order valence-corrected chi connectivity index (χ2v) is 33.1. The Hall–Kier alpha value is -14.1. The first-order valence-corrected chi connectivity index (χ1v) is 50.3. The first kappa shape index (κ1) is 144. The van der Waals surface area contributed by atoms with Crippen molar-refractivity contribution in [1.82, 2.24) is 0 Å². The number of hydrogen-bond acceptors (Lipinski definition) is 31. The Labute approximate surface area is 884 Å². The number of hydrogen-bond donors (Lipinski definition) is 2. The van der Waals surface area contributed by atoms with Crippen LogP contribution in [0.1, 0.15) is 249 Å². The third kappa shape index (κ3) is 72.0. The molecule has 0 heterocycles. The lowest BCUT2D eigenvalue weighted by Gasteiger charge is -2.29. The van der Waals surface area contributed by atoms with Crippen LogP contribution in [0.3, 0.4) is 0 Å². The number of rotatable bonds is 58. The number of unbranched alkanes of at least 4 members (excludes halogenated alkanes) is 12. The van der Waals surface area contributed by atoms with Crippen LogP contribution in [0.2, 0.25) is 0 Å². The number of aldehydes is 1. The predicted molar refractivity (Wildman–Crippen MR) is 569 cm³/mol. The maximum atomic E-state index is 13.0. The van der Waals surface area contributed by atoms with E-state index in [-0.39, 0.29) is 110 Å². The van der Waals surface area contributed by atoms with Gasteiger partial charge in [0.05, 0.1) is 106 Å². The highest BCUT2D eigenvalue weighted by molar-refractivity contribution is 9.09. The molecule has 5 aromatic rings. The minimum atomic E-state index is -1.59. The summed E-state index contributed by atoms with van der Waals surface area (Å²) >= 11 is 8.85. The third-order valence-electron chi connectivity index (χ3n) is 19.8. The number of aliphatic carboxylic acids is 1. The van der Waals surface area contributed by atoms with Crippen molar-refractivity contribution in [2.75, 3.05) is 100 Å². The molecule has 0 saturated carbocycles. The summed E-state index contributed by atoms with van der Waals surface area (Å²) in [6, 6.07) is 47.0. The Kier molecular flexibility index (Phi) is 95.8. The van der Waals surface area contributed by atoms with Gasteiger partial charge in [-0.1, -0.05) is 199 Å². The molecule has 0 radical (unpaired) electrons. The first-order chi connectivity index (χ1) is 69.9. The number of ether oxygens (including phenoxy) is 11. The number of nitriles is 6. The number of benzene rings is 5. The molecular weight excluding hydrogens is 1990 g/mol. The minimum absolute atomic E-state index is 0. The van der Waals surface area contributed by atoms with Crippen LogP contribution in [-0.4, -0.2) is 189 Å². The number of halogens is 2. The minimum Gasteiger partial charge on any atom is -0.481 e. The molecule has 147 heavy (non-hydrogen) atoms. The topological polar surface area (TPSA) is 507 Å². The molecule has 5 aromatic carbocycles. The van der Waals surface area contributed by atoms with Gasteiger partial charge in [-0.05, 0) is 210 Å². The zero-order valence-corrected chi connectivity index (χ0v) is 87.8. The Morgan fingerprint density at radius 1 is 0.395 bits per heavy atom. The van der Waals surface area contributed by atoms with Gasteiger partial charge in [0.2, 0.25) is 0 Å². The van der Waals surface area contributed by atoms with Crippen molar-refractivity contribution in [3.05, 3.63) is 253 Å². The SMILES string of the molecule is C.C.C=CCOC(=O)C(CCCCC#N)(Cc1ccc(C(=O)OC)cc1)C(=O)OCC=C.C=CCOC(=O)C(CCCCC#N)C(=O)OCC=C.C=CCOC(=O)CC(=O)OCC=C.COC(=O)c1ccc(CC(C=O)CCCCC#N)cc1.COC(=O)c1ccc(CC(CCCCC#N)C(=O)O)cc1.COC(=O)c1ccc(CC(CO)CCCCC#N)cc1.COC(=O)c1ccc(CCl)cc1.CPC.N#CCCCCBr. The largest absolute Gasteiger partial charge is 0.481 e. The quantitative estimate of drug-likeness (QED) is 0.00533. The number of aliphatic hydroxyl groups is 1. The number of carbonyl (C=O) groups excluding carboxylic acids is 12. The maximum Gasteiger partial charge on any atom is 0.337 e. The lowest BCUT2D eigenvalue weighted by atomic mass is 9.77. The Balaban J connectivity index is -0.000000393. The summed E-state index contributed by atoms with van der Waals surface area (Å²) in [5.74, 6) is -7.43. The molecule has 0 aliphatic heterocycles. The van der Waals surface area contributed by atoms with Crippen molar-refractivity contribution >= 4 is 114 Å². The molecule has 0 spiro atoms. The highest BCUT2D eigenvalue weighted by atomic mass is 79.9. The molecule has 0 saturated heterocycles. The van der Waals surface area contributed by atoms with Crippen LogP contribution in [-0.2, 0) is 122 Å². The monoisotopic (exact) mass is 2140 g/mol. The predicted octanol–water partition coefficient (Wildman–Crippen LogP) is 21.4. The van der Waals surface area contributed by atoms with Crippen molar-refractivity contribution in [2.24, 2.45) is 29.1 Å². The van der Waals surface area contributed by atoms with Crippen molar-refractivity contribution in [2.45, 2.75) is 201 Å². The van der Waals surface area contributed by atoms with Crippen LogP contribution >= 0.6 is 36.1 Å². The van der Waals surface area contributed by atoms with Gasteiger partial charge >= 0.3 is 71.6 Å². The molecule has 0 amide bonds. The van der Waals surface area contributed by atoms with Gasteiger partial charge in [0.1, 0.15) is 52.3 Å². The van der Waals surface area contributed by atoms with Crippen LogP contribution in [0.4, 0.5) is 0 Å². The van der Waals surface area contributed by atoms with Crippen molar-refractivity contribution < 1.29 is 125 Å². The number of aliphatic hydroxyl groups excluding tert-OH is 1. The second-order valence-electron chi connectivity index (χ2n) is 31.0. The van der Waals surface area contributed by atoms with Crippen LogP contribution in [0.25, 0.3) is 0 Å². The lowest BCUT2D eigenvalue weighted by Crippen LogP contribution is -2.44. The van der Waals surface area contributed by atoms with E-state index in [1.54, 1.807) is 97.1 Å². The maximum absolute atomic E-state index is 13.0. The van der Waals surface area contributed by atoms with Gasteiger partial charge in [-0.25, -0.2) is 24.0 Å². The Morgan fingerprint density at radius 3 is 0.986 bits per heavy atom. The standard InChI is InChI=1S/C23H27NO6.C16H19NO4.C16H21NO3.C16H19NO3.C14H19NO4.C9H9ClO2.C9H12O4.C5H8BrN.C2H7P.2CH4/c1-4-15-29-21(26)23(13-7-6-8-14-24,22(27)30-16-5-2)17-18-9-11-19(12-10-18)20(25)28-3;1-21-16(20)13-8-6-12(7-9-13)11-14(15(18)19)5-3-2-4-10-17;2*1-20-16(19)15-8-6-13(7-9-15)11-14(12-18)5-3-2-4-10-17;1-3-10-18-13(16)12(8-6-5-7-9-15)14(17)19-11-4-2;1-12-9(11)8-4-2-7(6-10)3-5-8;1-3-5-12-8(10)7-9(11)13-6-4-2;6-4-2-1-3-5-7;1-3-2;;/h4-5,9-12H,1-2,6-8,13,15-17H2,3H3;6-9,14H,2-5,11H2,1H3,(H,18,19);6-9,14,18H,2-5,11-12H2,1H3;6-9,12,14H,2-5,11H2,1H3;3-4,12H,1-2,5-8,10-11H2;2-5H,6H2,1H3;3-4H,1-2,5-7H2;1-4H2;3H,1-2H3;2*1H4. The number of methoxy groups -OCH3 is 5. The Bertz CT molecular complexity index is 4830. The van der Waals surface area contributed by atoms with E-state index in [9.17, 15) is 72.5 Å². The number of esters is 11. The number of carboxylic acids is 1. The average molecular weight is 2140 g/mol. The summed E-state index contributed by atoms with van der Waals surface area (Å²) in [7, 11) is 7.75. The van der Waals surface area contributed by atoms with E-state index in [4.69, 9.17) is 62.1 Å². The summed E-state index contributed by atoms with van der Waals surface area (Å²) in [4.78, 5) is 150.